The predicted octanol–water partition coefficient (Wildman–Crippen LogP) is 4.73. The van der Waals surface area contributed by atoms with E-state index in [1.807, 2.05) is 6.07 Å². The van der Waals surface area contributed by atoms with E-state index in [1.165, 1.54) is 55.5 Å². The number of rotatable bonds is 7. The second-order valence-corrected chi connectivity index (χ2v) is 8.26. The maximum atomic E-state index is 5.60. The van der Waals surface area contributed by atoms with E-state index in [0.717, 1.165) is 37.7 Å². The first kappa shape index (κ1) is 20.1. The summed E-state index contributed by atoms with van der Waals surface area (Å²) in [5, 5.41) is 0. The van der Waals surface area contributed by atoms with Gasteiger partial charge in [0.25, 0.3) is 0 Å². The third-order valence-corrected chi connectivity index (χ3v) is 6.63. The fourth-order valence-corrected chi connectivity index (χ4v) is 5.07. The van der Waals surface area contributed by atoms with Crippen LogP contribution in [0, 0.1) is 0 Å². The number of anilines is 1. The third-order valence-electron chi connectivity index (χ3n) is 6.63. The van der Waals surface area contributed by atoms with Crippen molar-refractivity contribution in [3.05, 3.63) is 53.6 Å². The summed E-state index contributed by atoms with van der Waals surface area (Å²) in [4.78, 5) is 5.08. The first-order chi connectivity index (χ1) is 14.3. The number of ether oxygens (including phenoxy) is 2. The van der Waals surface area contributed by atoms with Gasteiger partial charge in [-0.3, -0.25) is 4.90 Å². The zero-order valence-corrected chi connectivity index (χ0v) is 17.9. The summed E-state index contributed by atoms with van der Waals surface area (Å²) in [5.41, 5.74) is 4.22. The Bertz CT molecular complexity index is 799. The van der Waals surface area contributed by atoms with Gasteiger partial charge < -0.3 is 14.4 Å². The lowest BCUT2D eigenvalue weighted by Crippen LogP contribution is -2.46. The highest BCUT2D eigenvalue weighted by Crippen LogP contribution is 2.39. The van der Waals surface area contributed by atoms with Crippen molar-refractivity contribution >= 4 is 5.69 Å². The molecule has 1 fully saturated rings. The number of benzene rings is 2. The zero-order chi connectivity index (χ0) is 20.1. The van der Waals surface area contributed by atoms with Crippen LogP contribution in [0.1, 0.15) is 42.7 Å². The van der Waals surface area contributed by atoms with Gasteiger partial charge in [0.2, 0.25) is 0 Å². The highest BCUT2D eigenvalue weighted by Gasteiger charge is 2.23. The van der Waals surface area contributed by atoms with Crippen LogP contribution in [-0.2, 0) is 6.42 Å². The van der Waals surface area contributed by atoms with Crippen LogP contribution >= 0.6 is 0 Å². The van der Waals surface area contributed by atoms with E-state index in [9.17, 15) is 0 Å². The van der Waals surface area contributed by atoms with Gasteiger partial charge in [0.05, 0.1) is 19.9 Å². The van der Waals surface area contributed by atoms with Crippen molar-refractivity contribution in [2.75, 3.05) is 51.8 Å². The van der Waals surface area contributed by atoms with Crippen LogP contribution in [0.3, 0.4) is 0 Å². The summed E-state index contributed by atoms with van der Waals surface area (Å²) in [6, 6.07) is 15.0. The van der Waals surface area contributed by atoms with Gasteiger partial charge in [-0.15, -0.1) is 0 Å². The lowest BCUT2D eigenvalue weighted by molar-refractivity contribution is 0.248. The maximum Gasteiger partial charge on any atom is 0.142 e. The minimum Gasteiger partial charge on any atom is -0.496 e. The van der Waals surface area contributed by atoms with Gasteiger partial charge in [-0.25, -0.2) is 0 Å². The van der Waals surface area contributed by atoms with Crippen LogP contribution in [0.25, 0.3) is 0 Å². The van der Waals surface area contributed by atoms with Crippen molar-refractivity contribution in [2.24, 2.45) is 0 Å². The van der Waals surface area contributed by atoms with Crippen LogP contribution in [0.5, 0.6) is 11.5 Å². The molecule has 1 saturated heterocycles. The van der Waals surface area contributed by atoms with Crippen LogP contribution in [0.4, 0.5) is 5.69 Å². The van der Waals surface area contributed by atoms with Crippen molar-refractivity contribution in [3.8, 4) is 11.5 Å². The van der Waals surface area contributed by atoms with Crippen LogP contribution < -0.4 is 14.4 Å². The van der Waals surface area contributed by atoms with E-state index in [0.29, 0.717) is 5.92 Å². The van der Waals surface area contributed by atoms with Gasteiger partial charge in [-0.2, -0.15) is 0 Å². The highest BCUT2D eigenvalue weighted by atomic mass is 16.5. The third kappa shape index (κ3) is 4.53. The van der Waals surface area contributed by atoms with E-state index in [1.54, 1.807) is 14.2 Å². The Balaban J connectivity index is 1.27. The minimum absolute atomic E-state index is 0.698. The molecule has 1 aliphatic heterocycles. The smallest absolute Gasteiger partial charge is 0.142 e. The topological polar surface area (TPSA) is 24.9 Å². The fourth-order valence-electron chi connectivity index (χ4n) is 5.07. The second-order valence-electron chi connectivity index (χ2n) is 8.26. The minimum atomic E-state index is 0.698. The Labute approximate surface area is 175 Å². The van der Waals surface area contributed by atoms with Crippen molar-refractivity contribution in [1.82, 2.24) is 4.90 Å². The molecule has 2 aromatic rings. The molecule has 0 saturated carbocycles. The van der Waals surface area contributed by atoms with E-state index < -0.39 is 0 Å². The van der Waals surface area contributed by atoms with Gasteiger partial charge in [-0.05, 0) is 73.9 Å². The lowest BCUT2D eigenvalue weighted by Gasteiger charge is -2.37. The Morgan fingerprint density at radius 2 is 1.66 bits per heavy atom. The molecule has 1 aliphatic carbocycles. The quantitative estimate of drug-likeness (QED) is 0.678. The average molecular weight is 395 g/mol. The Morgan fingerprint density at radius 1 is 0.897 bits per heavy atom. The van der Waals surface area contributed by atoms with Gasteiger partial charge in [0.15, 0.2) is 0 Å². The molecule has 0 radical (unpaired) electrons. The highest BCUT2D eigenvalue weighted by molar-refractivity contribution is 5.58. The standard InChI is InChI=1S/C25H34N2O2/c1-28-24-14-6-10-21-20(8-5-11-22(21)24)9-7-15-26-16-18-27(19-17-26)23-12-3-4-13-25(23)29-2/h3-4,6,10,12-14,20H,5,7-9,11,15-19H2,1-2H3/t20-/m0/s1. The molecule has 2 aliphatic rings. The molecule has 4 nitrogen and oxygen atoms in total. The first-order valence-electron chi connectivity index (χ1n) is 11.1. The van der Waals surface area contributed by atoms with Crippen LogP contribution in [0.2, 0.25) is 0 Å². The summed E-state index contributed by atoms with van der Waals surface area (Å²) >= 11 is 0. The summed E-state index contributed by atoms with van der Waals surface area (Å²) in [6.45, 7) is 5.61. The van der Waals surface area contributed by atoms with Crippen molar-refractivity contribution in [2.45, 2.75) is 38.0 Å². The van der Waals surface area contributed by atoms with Crippen molar-refractivity contribution in [1.29, 1.82) is 0 Å². The van der Waals surface area contributed by atoms with Crippen LogP contribution in [0.15, 0.2) is 42.5 Å². The number of hydrogen-bond donors (Lipinski definition) is 0. The summed E-state index contributed by atoms with van der Waals surface area (Å²) < 4.78 is 11.1. The van der Waals surface area contributed by atoms with E-state index >= 15 is 0 Å². The first-order valence-corrected chi connectivity index (χ1v) is 11.1. The van der Waals surface area contributed by atoms with E-state index in [-0.39, 0.29) is 0 Å². The molecule has 156 valence electrons. The maximum absolute atomic E-state index is 5.60. The molecule has 4 rings (SSSR count). The Kier molecular flexibility index (Phi) is 6.60. The summed E-state index contributed by atoms with van der Waals surface area (Å²) in [5.74, 6) is 2.76. The molecule has 1 atom stereocenters. The fraction of sp³-hybridized carbons (Fsp3) is 0.520. The summed E-state index contributed by atoms with van der Waals surface area (Å²) in [7, 11) is 3.55. The Morgan fingerprint density at radius 3 is 2.45 bits per heavy atom. The molecule has 0 unspecified atom stereocenters. The SMILES string of the molecule is COc1ccccc1N1CCN(CCC[C@@H]2CCCc3c(OC)cccc32)CC1. The van der Waals surface area contributed by atoms with Gasteiger partial charge >= 0.3 is 0 Å². The van der Waals surface area contributed by atoms with E-state index in [2.05, 4.69) is 46.2 Å². The molecular formula is C25H34N2O2. The number of piperazine rings is 1. The normalized spacial score (nSPS) is 19.7. The molecule has 0 spiro atoms. The largest absolute Gasteiger partial charge is 0.496 e. The molecule has 0 N–H and O–H groups in total. The van der Waals surface area contributed by atoms with Gasteiger partial charge in [-0.1, -0.05) is 24.3 Å². The monoisotopic (exact) mass is 394 g/mol. The number of nitrogens with zero attached hydrogens (tertiary/aromatic N) is 2. The molecule has 29 heavy (non-hydrogen) atoms. The predicted molar refractivity (Wildman–Crippen MR) is 120 cm³/mol. The average Bonchev–Trinajstić information content (AvgIpc) is 2.79. The zero-order valence-electron chi connectivity index (χ0n) is 17.9. The van der Waals surface area contributed by atoms with Crippen molar-refractivity contribution < 1.29 is 9.47 Å². The van der Waals surface area contributed by atoms with Crippen molar-refractivity contribution in [3.63, 3.8) is 0 Å². The van der Waals surface area contributed by atoms with E-state index in [4.69, 9.17) is 9.47 Å². The number of fused-ring (bicyclic) bond motifs is 1. The molecule has 0 aromatic heterocycles. The lowest BCUT2D eigenvalue weighted by atomic mass is 9.80. The number of methoxy groups -OCH3 is 2. The number of hydrogen-bond acceptors (Lipinski definition) is 4. The second kappa shape index (κ2) is 9.53. The Hall–Kier alpha value is -2.20. The summed E-state index contributed by atoms with van der Waals surface area (Å²) in [6.07, 6.45) is 6.33. The number of para-hydroxylation sites is 2. The molecular weight excluding hydrogens is 360 g/mol. The van der Waals surface area contributed by atoms with Crippen LogP contribution in [-0.4, -0.2) is 51.8 Å². The van der Waals surface area contributed by atoms with Gasteiger partial charge in [0, 0.05) is 26.2 Å². The van der Waals surface area contributed by atoms with Gasteiger partial charge in [0.1, 0.15) is 11.5 Å². The molecule has 0 bridgehead atoms. The molecule has 2 aromatic carbocycles. The molecule has 4 heteroatoms. The molecule has 0 amide bonds. The molecule has 1 heterocycles.